The first-order valence-corrected chi connectivity index (χ1v) is 7.66. The summed E-state index contributed by atoms with van der Waals surface area (Å²) in [5, 5.41) is 2.68. The van der Waals surface area contributed by atoms with Crippen molar-refractivity contribution in [2.45, 2.75) is 20.8 Å². The monoisotopic (exact) mass is 318 g/mol. The number of amides is 1. The molecule has 0 unspecified atom stereocenters. The molecule has 0 spiro atoms. The average Bonchev–Trinajstić information content (AvgIpc) is 2.57. The lowest BCUT2D eigenvalue weighted by molar-refractivity contribution is -0.114. The Morgan fingerprint density at radius 3 is 2.62 bits per heavy atom. The Morgan fingerprint density at radius 1 is 1.04 bits per heavy atom. The van der Waals surface area contributed by atoms with E-state index in [2.05, 4.69) is 47.3 Å². The van der Waals surface area contributed by atoms with Crippen LogP contribution in [0.2, 0.25) is 0 Å². The van der Waals surface area contributed by atoms with Gasteiger partial charge in [-0.2, -0.15) is 0 Å². The first-order valence-electron chi connectivity index (χ1n) is 7.66. The van der Waals surface area contributed by atoms with Gasteiger partial charge in [-0.3, -0.25) is 9.78 Å². The third-order valence-electron chi connectivity index (χ3n) is 3.66. The normalized spacial score (nSPS) is 10.5. The summed E-state index contributed by atoms with van der Waals surface area (Å²) in [7, 11) is 0. The minimum atomic E-state index is -0.158. The Balaban J connectivity index is 2.02. The largest absolute Gasteiger partial charge is 0.311 e. The molecule has 0 saturated carbocycles. The summed E-state index contributed by atoms with van der Waals surface area (Å²) in [5.41, 5.74) is 5.82. The molecule has 1 N–H and O–H groups in total. The number of hydrogen-bond acceptors (Lipinski definition) is 4. The highest BCUT2D eigenvalue weighted by molar-refractivity contribution is 5.88. The number of pyridine rings is 1. The molecular weight excluding hydrogens is 300 g/mol. The third-order valence-corrected chi connectivity index (χ3v) is 3.66. The van der Waals surface area contributed by atoms with Crippen molar-refractivity contribution >= 4 is 11.7 Å². The summed E-state index contributed by atoms with van der Waals surface area (Å²) in [4.78, 5) is 24.4. The molecule has 2 aromatic heterocycles. The number of hydrogen-bond donors (Lipinski definition) is 1. The van der Waals surface area contributed by atoms with E-state index < -0.39 is 0 Å². The Morgan fingerprint density at radius 2 is 1.83 bits per heavy atom. The molecule has 0 saturated heterocycles. The standard InChI is InChI=1S/C19H18N4O/c1-12-4-5-13(2)16(8-12)18-11-20-10-17(23-18)15-6-7-21-19(9-15)22-14(3)24/h4-11H,1-3H3,(H,21,22,24). The van der Waals surface area contributed by atoms with Crippen molar-refractivity contribution in [3.05, 3.63) is 60.0 Å². The molecule has 0 bridgehead atoms. The lowest BCUT2D eigenvalue weighted by Crippen LogP contribution is -2.07. The predicted molar refractivity (Wildman–Crippen MR) is 94.5 cm³/mol. The van der Waals surface area contributed by atoms with E-state index in [0.29, 0.717) is 5.82 Å². The van der Waals surface area contributed by atoms with Gasteiger partial charge in [-0.25, -0.2) is 9.97 Å². The van der Waals surface area contributed by atoms with Crippen molar-refractivity contribution in [2.75, 3.05) is 5.32 Å². The van der Waals surface area contributed by atoms with Crippen LogP contribution in [0.15, 0.2) is 48.9 Å². The molecule has 1 amide bonds. The zero-order valence-corrected chi connectivity index (χ0v) is 13.9. The average molecular weight is 318 g/mol. The summed E-state index contributed by atoms with van der Waals surface area (Å²) in [6.45, 7) is 5.57. The quantitative estimate of drug-likeness (QED) is 0.798. The van der Waals surface area contributed by atoms with E-state index in [1.54, 1.807) is 24.7 Å². The summed E-state index contributed by atoms with van der Waals surface area (Å²) < 4.78 is 0. The Kier molecular flexibility index (Phi) is 4.33. The maximum Gasteiger partial charge on any atom is 0.222 e. The van der Waals surface area contributed by atoms with Crippen molar-refractivity contribution in [2.24, 2.45) is 0 Å². The molecular formula is C19H18N4O. The van der Waals surface area contributed by atoms with Crippen LogP contribution in [-0.4, -0.2) is 20.9 Å². The summed E-state index contributed by atoms with van der Waals surface area (Å²) in [6, 6.07) is 9.91. The van der Waals surface area contributed by atoms with E-state index in [1.807, 2.05) is 6.07 Å². The molecule has 24 heavy (non-hydrogen) atoms. The molecule has 2 heterocycles. The molecule has 3 rings (SSSR count). The summed E-state index contributed by atoms with van der Waals surface area (Å²) in [6.07, 6.45) is 5.12. The molecule has 0 radical (unpaired) electrons. The Labute approximate surface area is 140 Å². The lowest BCUT2D eigenvalue weighted by Gasteiger charge is -2.09. The van der Waals surface area contributed by atoms with E-state index in [4.69, 9.17) is 4.98 Å². The molecule has 120 valence electrons. The van der Waals surface area contributed by atoms with E-state index >= 15 is 0 Å². The third kappa shape index (κ3) is 3.46. The molecule has 5 heteroatoms. The molecule has 0 aliphatic rings. The topological polar surface area (TPSA) is 67.8 Å². The molecule has 3 aromatic rings. The van der Waals surface area contributed by atoms with Crippen LogP contribution in [0, 0.1) is 13.8 Å². The maximum atomic E-state index is 11.2. The van der Waals surface area contributed by atoms with E-state index in [0.717, 1.165) is 28.1 Å². The number of aryl methyl sites for hydroxylation is 2. The van der Waals surface area contributed by atoms with Gasteiger partial charge in [0.25, 0.3) is 0 Å². The van der Waals surface area contributed by atoms with Gasteiger partial charge in [0.05, 0.1) is 23.8 Å². The van der Waals surface area contributed by atoms with Crippen LogP contribution in [0.3, 0.4) is 0 Å². The number of nitrogens with zero attached hydrogens (tertiary/aromatic N) is 3. The molecule has 0 fully saturated rings. The molecule has 0 aliphatic heterocycles. The van der Waals surface area contributed by atoms with Gasteiger partial charge in [0.2, 0.25) is 5.91 Å². The van der Waals surface area contributed by atoms with Crippen molar-refractivity contribution in [1.82, 2.24) is 15.0 Å². The second-order valence-electron chi connectivity index (χ2n) is 5.72. The first-order chi connectivity index (χ1) is 11.5. The van der Waals surface area contributed by atoms with Crippen molar-refractivity contribution in [3.8, 4) is 22.5 Å². The van der Waals surface area contributed by atoms with Crippen LogP contribution < -0.4 is 5.32 Å². The van der Waals surface area contributed by atoms with Crippen molar-refractivity contribution in [1.29, 1.82) is 0 Å². The predicted octanol–water partition coefficient (Wildman–Crippen LogP) is 3.78. The van der Waals surface area contributed by atoms with Gasteiger partial charge in [0, 0.05) is 24.2 Å². The van der Waals surface area contributed by atoms with Gasteiger partial charge in [0.1, 0.15) is 5.82 Å². The highest BCUT2D eigenvalue weighted by atomic mass is 16.1. The Hall–Kier alpha value is -3.08. The van der Waals surface area contributed by atoms with Crippen LogP contribution in [-0.2, 0) is 4.79 Å². The second kappa shape index (κ2) is 6.58. The van der Waals surface area contributed by atoms with E-state index in [9.17, 15) is 4.79 Å². The smallest absolute Gasteiger partial charge is 0.222 e. The SMILES string of the molecule is CC(=O)Nc1cc(-c2cncc(-c3cc(C)ccc3C)n2)ccn1. The fraction of sp³-hybridized carbons (Fsp3) is 0.158. The van der Waals surface area contributed by atoms with Crippen LogP contribution in [0.1, 0.15) is 18.1 Å². The van der Waals surface area contributed by atoms with Crippen LogP contribution in [0.4, 0.5) is 5.82 Å². The molecule has 0 atom stereocenters. The summed E-state index contributed by atoms with van der Waals surface area (Å²) in [5.74, 6) is 0.341. The number of benzene rings is 1. The van der Waals surface area contributed by atoms with Crippen LogP contribution >= 0.6 is 0 Å². The second-order valence-corrected chi connectivity index (χ2v) is 5.72. The molecule has 1 aromatic carbocycles. The zero-order chi connectivity index (χ0) is 17.1. The number of rotatable bonds is 3. The number of carbonyl (C=O) groups is 1. The van der Waals surface area contributed by atoms with Gasteiger partial charge in [-0.15, -0.1) is 0 Å². The van der Waals surface area contributed by atoms with Gasteiger partial charge < -0.3 is 5.32 Å². The zero-order valence-electron chi connectivity index (χ0n) is 13.9. The minimum Gasteiger partial charge on any atom is -0.311 e. The fourth-order valence-electron chi connectivity index (χ4n) is 2.49. The number of anilines is 1. The van der Waals surface area contributed by atoms with Crippen LogP contribution in [0.25, 0.3) is 22.5 Å². The van der Waals surface area contributed by atoms with Crippen molar-refractivity contribution in [3.63, 3.8) is 0 Å². The highest BCUT2D eigenvalue weighted by Crippen LogP contribution is 2.25. The van der Waals surface area contributed by atoms with E-state index in [-0.39, 0.29) is 5.91 Å². The highest BCUT2D eigenvalue weighted by Gasteiger charge is 2.08. The van der Waals surface area contributed by atoms with Crippen molar-refractivity contribution < 1.29 is 4.79 Å². The fourth-order valence-corrected chi connectivity index (χ4v) is 2.49. The lowest BCUT2D eigenvalue weighted by atomic mass is 10.0. The van der Waals surface area contributed by atoms with Crippen LogP contribution in [0.5, 0.6) is 0 Å². The molecule has 5 nitrogen and oxygen atoms in total. The van der Waals surface area contributed by atoms with Gasteiger partial charge in [-0.05, 0) is 37.6 Å². The van der Waals surface area contributed by atoms with E-state index in [1.165, 1.54) is 12.5 Å². The maximum absolute atomic E-state index is 11.2. The van der Waals surface area contributed by atoms with Gasteiger partial charge in [-0.1, -0.05) is 17.7 Å². The number of nitrogens with one attached hydrogen (secondary N) is 1. The van der Waals surface area contributed by atoms with Gasteiger partial charge >= 0.3 is 0 Å². The number of carbonyl (C=O) groups excluding carboxylic acids is 1. The minimum absolute atomic E-state index is 0.158. The van der Waals surface area contributed by atoms with Gasteiger partial charge in [0.15, 0.2) is 0 Å². The first kappa shape index (κ1) is 15.8. The number of aromatic nitrogens is 3. The summed E-state index contributed by atoms with van der Waals surface area (Å²) >= 11 is 0. The molecule has 0 aliphatic carbocycles. The Bertz CT molecular complexity index is 905.